The van der Waals surface area contributed by atoms with E-state index in [4.69, 9.17) is 16.3 Å². The lowest BCUT2D eigenvalue weighted by molar-refractivity contribution is -0.390. The van der Waals surface area contributed by atoms with Gasteiger partial charge in [-0.2, -0.15) is 0 Å². The van der Waals surface area contributed by atoms with Crippen molar-refractivity contribution in [3.05, 3.63) is 61.3 Å². The van der Waals surface area contributed by atoms with Crippen LogP contribution in [0.3, 0.4) is 0 Å². The molecular formula is C12H8ClN3O5. The lowest BCUT2D eigenvalue weighted by atomic mass is 10.3. The number of rotatable bonds is 4. The minimum absolute atomic E-state index is 0.0286. The molecular weight excluding hydrogens is 302 g/mol. The minimum Gasteiger partial charge on any atom is -0.447 e. The van der Waals surface area contributed by atoms with Crippen LogP contribution in [0.2, 0.25) is 5.02 Å². The van der Waals surface area contributed by atoms with Gasteiger partial charge in [0.25, 0.3) is 5.69 Å². The highest BCUT2D eigenvalue weighted by atomic mass is 35.5. The maximum atomic E-state index is 10.9. The molecule has 0 aliphatic heterocycles. The number of aryl methyl sites for hydroxylation is 1. The number of benzene rings is 1. The van der Waals surface area contributed by atoms with Crippen molar-refractivity contribution in [1.29, 1.82) is 0 Å². The SMILES string of the molecule is Cc1ccc(Oc2ccc([N+](=O)[O-])cc2Cl)c([N+](=O)[O-])n1. The van der Waals surface area contributed by atoms with Crippen molar-refractivity contribution >= 4 is 23.1 Å². The molecule has 0 fully saturated rings. The Morgan fingerprint density at radius 3 is 2.33 bits per heavy atom. The lowest BCUT2D eigenvalue weighted by Gasteiger charge is -2.07. The summed E-state index contributed by atoms with van der Waals surface area (Å²) in [6.45, 7) is 1.61. The quantitative estimate of drug-likeness (QED) is 0.630. The van der Waals surface area contributed by atoms with Crippen LogP contribution in [-0.2, 0) is 0 Å². The molecule has 2 rings (SSSR count). The Morgan fingerprint density at radius 1 is 1.10 bits per heavy atom. The number of ether oxygens (including phenoxy) is 1. The van der Waals surface area contributed by atoms with E-state index in [-0.39, 0.29) is 22.2 Å². The van der Waals surface area contributed by atoms with Gasteiger partial charge in [-0.1, -0.05) is 11.6 Å². The van der Waals surface area contributed by atoms with E-state index in [1.54, 1.807) is 13.0 Å². The van der Waals surface area contributed by atoms with E-state index in [1.807, 2.05) is 0 Å². The Kier molecular flexibility index (Phi) is 3.99. The minimum atomic E-state index is -0.679. The third-order valence-electron chi connectivity index (χ3n) is 2.50. The Hall–Kier alpha value is -2.74. The van der Waals surface area contributed by atoms with Crippen LogP contribution in [0.15, 0.2) is 30.3 Å². The largest absolute Gasteiger partial charge is 0.447 e. The van der Waals surface area contributed by atoms with Crippen LogP contribution in [0.5, 0.6) is 11.5 Å². The number of hydrogen-bond donors (Lipinski definition) is 0. The van der Waals surface area contributed by atoms with Crippen molar-refractivity contribution in [3.8, 4) is 11.5 Å². The summed E-state index contributed by atoms with van der Waals surface area (Å²) < 4.78 is 5.33. The first-order valence-corrected chi connectivity index (χ1v) is 6.00. The Bertz CT molecular complexity index is 735. The number of nitro benzene ring substituents is 1. The molecule has 0 aliphatic rings. The summed E-state index contributed by atoms with van der Waals surface area (Å²) in [5.74, 6) is -0.484. The molecule has 1 heterocycles. The first-order chi connectivity index (χ1) is 9.88. The van der Waals surface area contributed by atoms with Crippen molar-refractivity contribution in [2.45, 2.75) is 6.92 Å². The summed E-state index contributed by atoms with van der Waals surface area (Å²) in [6, 6.07) is 6.49. The van der Waals surface area contributed by atoms with Crippen LogP contribution < -0.4 is 4.74 Å². The van der Waals surface area contributed by atoms with Crippen LogP contribution in [0.1, 0.15) is 5.69 Å². The summed E-state index contributed by atoms with van der Waals surface area (Å²) >= 11 is 5.87. The van der Waals surface area contributed by atoms with Gasteiger partial charge in [-0.05, 0) is 28.1 Å². The highest BCUT2D eigenvalue weighted by molar-refractivity contribution is 6.32. The summed E-state index contributed by atoms with van der Waals surface area (Å²) in [5.41, 5.74) is 0.257. The molecule has 9 heteroatoms. The van der Waals surface area contributed by atoms with Gasteiger partial charge in [-0.3, -0.25) is 10.1 Å². The number of halogens is 1. The Labute approximate surface area is 123 Å². The maximum absolute atomic E-state index is 10.9. The fourth-order valence-corrected chi connectivity index (χ4v) is 1.76. The number of hydrogen-bond acceptors (Lipinski definition) is 6. The van der Waals surface area contributed by atoms with Gasteiger partial charge in [0.1, 0.15) is 11.4 Å². The average molecular weight is 310 g/mol. The van der Waals surface area contributed by atoms with Crippen molar-refractivity contribution in [2.24, 2.45) is 0 Å². The number of nitro groups is 2. The smallest absolute Gasteiger partial charge is 0.407 e. The molecule has 0 aliphatic carbocycles. The second-order valence-electron chi connectivity index (χ2n) is 4.01. The van der Waals surface area contributed by atoms with Crippen molar-refractivity contribution in [2.75, 3.05) is 0 Å². The van der Waals surface area contributed by atoms with Gasteiger partial charge in [0.15, 0.2) is 0 Å². The second-order valence-corrected chi connectivity index (χ2v) is 4.41. The molecule has 1 aromatic carbocycles. The third-order valence-corrected chi connectivity index (χ3v) is 2.79. The van der Waals surface area contributed by atoms with Gasteiger partial charge in [0, 0.05) is 19.1 Å². The monoisotopic (exact) mass is 309 g/mol. The zero-order chi connectivity index (χ0) is 15.6. The van der Waals surface area contributed by atoms with E-state index >= 15 is 0 Å². The Balaban J connectivity index is 2.39. The average Bonchev–Trinajstić information content (AvgIpc) is 2.42. The predicted octanol–water partition coefficient (Wildman–Crippen LogP) is 3.65. The molecule has 8 nitrogen and oxygen atoms in total. The molecule has 0 amide bonds. The number of pyridine rings is 1. The molecule has 21 heavy (non-hydrogen) atoms. The predicted molar refractivity (Wildman–Crippen MR) is 73.8 cm³/mol. The third kappa shape index (κ3) is 3.23. The molecule has 0 N–H and O–H groups in total. The van der Waals surface area contributed by atoms with Crippen LogP contribution >= 0.6 is 11.6 Å². The zero-order valence-corrected chi connectivity index (χ0v) is 11.4. The van der Waals surface area contributed by atoms with E-state index in [1.165, 1.54) is 18.2 Å². The van der Waals surface area contributed by atoms with Crippen molar-refractivity contribution in [1.82, 2.24) is 4.98 Å². The zero-order valence-electron chi connectivity index (χ0n) is 10.6. The van der Waals surface area contributed by atoms with Crippen LogP contribution in [0.25, 0.3) is 0 Å². The molecule has 0 bridgehead atoms. The normalized spacial score (nSPS) is 10.2. The van der Waals surface area contributed by atoms with Crippen molar-refractivity contribution < 1.29 is 14.6 Å². The molecule has 0 atom stereocenters. The van der Waals surface area contributed by atoms with Gasteiger partial charge in [-0.25, -0.2) is 0 Å². The molecule has 0 unspecified atom stereocenters. The van der Waals surface area contributed by atoms with Gasteiger partial charge in [-0.15, -0.1) is 0 Å². The summed E-state index contributed by atoms with van der Waals surface area (Å²) in [7, 11) is 0. The molecule has 2 aromatic rings. The fourth-order valence-electron chi connectivity index (χ4n) is 1.55. The molecule has 1 aromatic heterocycles. The fraction of sp³-hybridized carbons (Fsp3) is 0.0833. The van der Waals surface area contributed by atoms with E-state index in [0.29, 0.717) is 5.69 Å². The summed E-state index contributed by atoms with van der Waals surface area (Å²) in [6.07, 6.45) is 0. The molecule has 0 spiro atoms. The van der Waals surface area contributed by atoms with Gasteiger partial charge in [0.2, 0.25) is 5.75 Å². The van der Waals surface area contributed by atoms with Gasteiger partial charge in [0.05, 0.1) is 9.95 Å². The topological polar surface area (TPSA) is 108 Å². The molecule has 108 valence electrons. The van der Waals surface area contributed by atoms with E-state index in [9.17, 15) is 20.2 Å². The second kappa shape index (κ2) is 5.71. The number of aromatic nitrogens is 1. The number of non-ortho nitro benzene ring substituents is 1. The highest BCUT2D eigenvalue weighted by Crippen LogP contribution is 2.35. The lowest BCUT2D eigenvalue weighted by Crippen LogP contribution is -1.98. The van der Waals surface area contributed by atoms with Crippen LogP contribution in [0, 0.1) is 27.2 Å². The first kappa shape index (κ1) is 14.7. The van der Waals surface area contributed by atoms with E-state index < -0.39 is 15.7 Å². The van der Waals surface area contributed by atoms with E-state index in [2.05, 4.69) is 4.98 Å². The van der Waals surface area contributed by atoms with E-state index in [0.717, 1.165) is 6.07 Å². The van der Waals surface area contributed by atoms with Crippen molar-refractivity contribution in [3.63, 3.8) is 0 Å². The molecule has 0 saturated carbocycles. The standard InChI is InChI=1S/C12H8ClN3O5/c1-7-2-4-11(12(14-7)16(19)20)21-10-5-3-8(15(17)18)6-9(10)13/h2-6H,1H3. The summed E-state index contributed by atoms with van der Waals surface area (Å²) in [5, 5.41) is 21.5. The van der Waals surface area contributed by atoms with Crippen LogP contribution in [-0.4, -0.2) is 14.8 Å². The van der Waals surface area contributed by atoms with Gasteiger partial charge < -0.3 is 14.9 Å². The highest BCUT2D eigenvalue weighted by Gasteiger charge is 2.20. The van der Waals surface area contributed by atoms with Gasteiger partial charge >= 0.3 is 5.82 Å². The summed E-state index contributed by atoms with van der Waals surface area (Å²) in [4.78, 5) is 24.0. The molecule has 0 radical (unpaired) electrons. The molecule has 0 saturated heterocycles. The maximum Gasteiger partial charge on any atom is 0.407 e. The first-order valence-electron chi connectivity index (χ1n) is 5.62. The number of nitrogens with zero attached hydrogens (tertiary/aromatic N) is 3. The van der Waals surface area contributed by atoms with Crippen LogP contribution in [0.4, 0.5) is 11.5 Å². The Morgan fingerprint density at radius 2 is 1.76 bits per heavy atom.